The minimum atomic E-state index is 0.527. The molecule has 0 saturated carbocycles. The highest BCUT2D eigenvalue weighted by molar-refractivity contribution is 5.94. The summed E-state index contributed by atoms with van der Waals surface area (Å²) < 4.78 is 6.01. The highest BCUT2D eigenvalue weighted by atomic mass is 16.4. The highest BCUT2D eigenvalue weighted by Crippen LogP contribution is 2.30. The Morgan fingerprint density at radius 1 is 0.607 bits per heavy atom. The van der Waals surface area contributed by atoms with E-state index in [1.165, 1.54) is 16.7 Å². The summed E-state index contributed by atoms with van der Waals surface area (Å²) >= 11 is 0. The molecule has 0 unspecified atom stereocenters. The minimum absolute atomic E-state index is 0.527. The predicted molar refractivity (Wildman–Crippen MR) is 113 cm³/mol. The van der Waals surface area contributed by atoms with E-state index < -0.39 is 0 Å². The molecule has 0 spiro atoms. The van der Waals surface area contributed by atoms with Crippen LogP contribution in [0.1, 0.15) is 5.56 Å². The summed E-state index contributed by atoms with van der Waals surface area (Å²) in [4.78, 5) is 0. The molecular formula is C25H18N2O. The molecule has 1 heterocycles. The molecule has 0 amide bonds. The number of benzene rings is 4. The van der Waals surface area contributed by atoms with E-state index in [9.17, 15) is 0 Å². The lowest BCUT2D eigenvalue weighted by molar-refractivity contribution is 0.585. The van der Waals surface area contributed by atoms with Crippen LogP contribution in [-0.2, 0) is 0 Å². The van der Waals surface area contributed by atoms with Gasteiger partial charge in [0.05, 0.1) is 0 Å². The second-order valence-corrected chi connectivity index (χ2v) is 6.89. The average molecular weight is 362 g/mol. The second kappa shape index (κ2) is 6.78. The van der Waals surface area contributed by atoms with E-state index >= 15 is 0 Å². The number of fused-ring (bicyclic) bond motifs is 1. The normalized spacial score (nSPS) is 11.0. The van der Waals surface area contributed by atoms with Crippen LogP contribution in [0.25, 0.3) is 44.8 Å². The lowest BCUT2D eigenvalue weighted by atomic mass is 10.0. The van der Waals surface area contributed by atoms with Crippen molar-refractivity contribution < 1.29 is 4.42 Å². The Balaban J connectivity index is 1.49. The van der Waals surface area contributed by atoms with E-state index in [4.69, 9.17) is 4.42 Å². The first-order valence-corrected chi connectivity index (χ1v) is 9.27. The maximum Gasteiger partial charge on any atom is 0.248 e. The number of aryl methyl sites for hydroxylation is 1. The van der Waals surface area contributed by atoms with Gasteiger partial charge in [-0.2, -0.15) is 0 Å². The summed E-state index contributed by atoms with van der Waals surface area (Å²) in [6, 6.07) is 31.0. The molecule has 0 aliphatic rings. The Labute approximate surface area is 163 Å². The molecule has 0 aliphatic carbocycles. The van der Waals surface area contributed by atoms with Crippen LogP contribution in [0.4, 0.5) is 0 Å². The number of nitrogens with zero attached hydrogens (tertiary/aromatic N) is 2. The first kappa shape index (κ1) is 16.5. The summed E-state index contributed by atoms with van der Waals surface area (Å²) in [6.07, 6.45) is 0. The third-order valence-corrected chi connectivity index (χ3v) is 4.93. The molecule has 3 nitrogen and oxygen atoms in total. The van der Waals surface area contributed by atoms with Gasteiger partial charge in [0.1, 0.15) is 0 Å². The zero-order valence-electron chi connectivity index (χ0n) is 15.5. The van der Waals surface area contributed by atoms with Gasteiger partial charge < -0.3 is 4.42 Å². The third-order valence-electron chi connectivity index (χ3n) is 4.93. The van der Waals surface area contributed by atoms with Crippen molar-refractivity contribution in [2.75, 3.05) is 0 Å². The van der Waals surface area contributed by atoms with Crippen molar-refractivity contribution in [3.63, 3.8) is 0 Å². The highest BCUT2D eigenvalue weighted by Gasteiger charge is 2.13. The molecule has 4 aromatic carbocycles. The van der Waals surface area contributed by atoms with Crippen LogP contribution in [0, 0.1) is 6.92 Å². The summed E-state index contributed by atoms with van der Waals surface area (Å²) in [5.74, 6) is 1.06. The van der Waals surface area contributed by atoms with Crippen molar-refractivity contribution in [2.24, 2.45) is 0 Å². The van der Waals surface area contributed by atoms with Crippen LogP contribution in [0.2, 0.25) is 0 Å². The van der Waals surface area contributed by atoms with E-state index in [1.54, 1.807) is 0 Å². The fraction of sp³-hybridized carbons (Fsp3) is 0.0400. The Morgan fingerprint density at radius 2 is 1.32 bits per heavy atom. The van der Waals surface area contributed by atoms with Gasteiger partial charge in [-0.15, -0.1) is 10.2 Å². The average Bonchev–Trinajstić information content (AvgIpc) is 3.23. The first-order chi connectivity index (χ1) is 13.8. The van der Waals surface area contributed by atoms with Crippen molar-refractivity contribution >= 4 is 10.8 Å². The molecule has 134 valence electrons. The van der Waals surface area contributed by atoms with E-state index in [2.05, 4.69) is 71.7 Å². The van der Waals surface area contributed by atoms with Crippen LogP contribution >= 0.6 is 0 Å². The Kier molecular flexibility index (Phi) is 3.99. The molecule has 0 atom stereocenters. The molecule has 0 aliphatic heterocycles. The zero-order valence-corrected chi connectivity index (χ0v) is 15.5. The standard InChI is InChI=1S/C25H18N2O/c1-17-6-4-9-21(16-17)18-12-14-20(15-13-18)24-26-27-25(28-24)23-11-5-8-19-7-2-3-10-22(19)23/h2-16H,1H3. The third kappa shape index (κ3) is 2.97. The topological polar surface area (TPSA) is 38.9 Å². The Hall–Kier alpha value is -3.72. The molecule has 0 radical (unpaired) electrons. The van der Waals surface area contributed by atoms with Crippen LogP contribution in [0.5, 0.6) is 0 Å². The van der Waals surface area contributed by atoms with Gasteiger partial charge in [-0.3, -0.25) is 0 Å². The molecule has 1 aromatic heterocycles. The number of hydrogen-bond donors (Lipinski definition) is 0. The fourth-order valence-corrected chi connectivity index (χ4v) is 3.49. The molecule has 3 heteroatoms. The summed E-state index contributed by atoms with van der Waals surface area (Å²) in [5.41, 5.74) is 5.48. The number of rotatable bonds is 3. The van der Waals surface area contributed by atoms with Crippen molar-refractivity contribution in [1.29, 1.82) is 0 Å². The first-order valence-electron chi connectivity index (χ1n) is 9.27. The van der Waals surface area contributed by atoms with E-state index in [0.717, 1.165) is 21.9 Å². The number of hydrogen-bond acceptors (Lipinski definition) is 3. The summed E-state index contributed by atoms with van der Waals surface area (Å²) in [7, 11) is 0. The van der Waals surface area contributed by atoms with Gasteiger partial charge in [-0.05, 0) is 47.0 Å². The lowest BCUT2D eigenvalue weighted by Crippen LogP contribution is -1.81. The van der Waals surface area contributed by atoms with Gasteiger partial charge in [0.25, 0.3) is 0 Å². The SMILES string of the molecule is Cc1cccc(-c2ccc(-c3nnc(-c4cccc5ccccc45)o3)cc2)c1. The van der Waals surface area contributed by atoms with Crippen LogP contribution in [-0.4, -0.2) is 10.2 Å². The predicted octanol–water partition coefficient (Wildman–Crippen LogP) is 6.53. The van der Waals surface area contributed by atoms with Crippen molar-refractivity contribution in [3.8, 4) is 34.0 Å². The second-order valence-electron chi connectivity index (χ2n) is 6.89. The number of aromatic nitrogens is 2. The minimum Gasteiger partial charge on any atom is -0.416 e. The van der Waals surface area contributed by atoms with E-state index in [-0.39, 0.29) is 0 Å². The van der Waals surface area contributed by atoms with Crippen LogP contribution < -0.4 is 0 Å². The molecule has 5 aromatic rings. The molecule has 0 fully saturated rings. The van der Waals surface area contributed by atoms with Crippen LogP contribution in [0.15, 0.2) is 95.4 Å². The zero-order chi connectivity index (χ0) is 18.9. The smallest absolute Gasteiger partial charge is 0.248 e. The molecule has 0 N–H and O–H groups in total. The van der Waals surface area contributed by atoms with Crippen molar-refractivity contribution in [1.82, 2.24) is 10.2 Å². The molecule has 0 saturated heterocycles. The Morgan fingerprint density at radius 3 is 2.18 bits per heavy atom. The monoisotopic (exact) mass is 362 g/mol. The maximum absolute atomic E-state index is 6.01. The van der Waals surface area contributed by atoms with Crippen molar-refractivity contribution in [2.45, 2.75) is 6.92 Å². The van der Waals surface area contributed by atoms with Gasteiger partial charge in [0.2, 0.25) is 11.8 Å². The van der Waals surface area contributed by atoms with E-state index in [1.807, 2.05) is 36.4 Å². The van der Waals surface area contributed by atoms with E-state index in [0.29, 0.717) is 11.8 Å². The lowest BCUT2D eigenvalue weighted by Gasteiger charge is -2.04. The van der Waals surface area contributed by atoms with Gasteiger partial charge in [-0.25, -0.2) is 0 Å². The van der Waals surface area contributed by atoms with Crippen molar-refractivity contribution in [3.05, 3.63) is 96.6 Å². The van der Waals surface area contributed by atoms with Gasteiger partial charge >= 0.3 is 0 Å². The fourth-order valence-electron chi connectivity index (χ4n) is 3.49. The van der Waals surface area contributed by atoms with Gasteiger partial charge in [0, 0.05) is 11.1 Å². The molecule has 28 heavy (non-hydrogen) atoms. The van der Waals surface area contributed by atoms with Gasteiger partial charge in [0.15, 0.2) is 0 Å². The van der Waals surface area contributed by atoms with Crippen LogP contribution in [0.3, 0.4) is 0 Å². The Bertz CT molecular complexity index is 1260. The summed E-state index contributed by atoms with van der Waals surface area (Å²) in [5, 5.41) is 10.8. The summed E-state index contributed by atoms with van der Waals surface area (Å²) in [6.45, 7) is 2.10. The molecular weight excluding hydrogens is 344 g/mol. The maximum atomic E-state index is 6.01. The van der Waals surface area contributed by atoms with Gasteiger partial charge in [-0.1, -0.05) is 78.4 Å². The largest absolute Gasteiger partial charge is 0.416 e. The molecule has 5 rings (SSSR count). The quantitative estimate of drug-likeness (QED) is 0.366. The molecule has 0 bridgehead atoms.